The number of nitrogens with zero attached hydrogens (tertiary/aromatic N) is 1. The minimum atomic E-state index is 0.187. The number of rotatable bonds is 2. The second-order valence-electron chi connectivity index (χ2n) is 4.18. The Hall–Kier alpha value is -0.830. The van der Waals surface area contributed by atoms with Crippen molar-refractivity contribution in [3.05, 3.63) is 23.3 Å². The zero-order chi connectivity index (χ0) is 10.1. The molecule has 0 aliphatic rings. The van der Waals surface area contributed by atoms with Crippen molar-refractivity contribution in [1.82, 2.24) is 4.98 Å². The van der Waals surface area contributed by atoms with Crippen LogP contribution in [0.1, 0.15) is 32.6 Å². The lowest BCUT2D eigenvalue weighted by atomic mass is 9.96. The highest BCUT2D eigenvalue weighted by molar-refractivity contribution is 7.15. The molecule has 0 fully saturated rings. The Bertz CT molecular complexity index is 307. The van der Waals surface area contributed by atoms with Crippen molar-refractivity contribution in [2.24, 2.45) is 0 Å². The molecule has 0 aliphatic carbocycles. The van der Waals surface area contributed by atoms with Gasteiger partial charge in [0, 0.05) is 16.8 Å². The topological polar surface area (TPSA) is 24.9 Å². The molecule has 0 saturated heterocycles. The number of anilines is 1. The first-order valence-electron chi connectivity index (χ1n) is 4.28. The zero-order valence-electron chi connectivity index (χ0n) is 8.64. The molecule has 72 valence electrons. The summed E-state index contributed by atoms with van der Waals surface area (Å²) in [5.41, 5.74) is 1.11. The Morgan fingerprint density at radius 2 is 2.15 bits per heavy atom. The zero-order valence-corrected chi connectivity index (χ0v) is 9.46. The van der Waals surface area contributed by atoms with E-state index in [0.29, 0.717) is 0 Å². The van der Waals surface area contributed by atoms with Gasteiger partial charge in [0.1, 0.15) is 0 Å². The summed E-state index contributed by atoms with van der Waals surface area (Å²) in [6.07, 6.45) is 1.93. The molecule has 0 spiro atoms. The highest BCUT2D eigenvalue weighted by Crippen LogP contribution is 2.30. The molecule has 1 N–H and O–H groups in total. The van der Waals surface area contributed by atoms with Crippen molar-refractivity contribution in [3.63, 3.8) is 0 Å². The van der Waals surface area contributed by atoms with Gasteiger partial charge in [-0.2, -0.15) is 0 Å². The molecule has 13 heavy (non-hydrogen) atoms. The number of hydrogen-bond donors (Lipinski definition) is 1. The minimum absolute atomic E-state index is 0.187. The quantitative estimate of drug-likeness (QED) is 0.784. The summed E-state index contributed by atoms with van der Waals surface area (Å²) in [6, 6.07) is 0. The standard InChI is InChI=1S/C10H16N2S/c1-7(2)12-9-11-6-8(13-9)10(3,4)5/h6H,1H2,2-5H3,(H,11,12). The maximum absolute atomic E-state index is 4.27. The molecule has 0 saturated carbocycles. The number of nitrogens with one attached hydrogen (secondary N) is 1. The second-order valence-corrected chi connectivity index (χ2v) is 5.22. The van der Waals surface area contributed by atoms with Crippen molar-refractivity contribution in [3.8, 4) is 0 Å². The van der Waals surface area contributed by atoms with E-state index >= 15 is 0 Å². The van der Waals surface area contributed by atoms with E-state index in [4.69, 9.17) is 0 Å². The van der Waals surface area contributed by atoms with E-state index in [1.54, 1.807) is 11.3 Å². The van der Waals surface area contributed by atoms with E-state index in [0.717, 1.165) is 10.8 Å². The molecule has 0 atom stereocenters. The summed E-state index contributed by atoms with van der Waals surface area (Å²) >= 11 is 1.69. The summed E-state index contributed by atoms with van der Waals surface area (Å²) in [5, 5.41) is 4.04. The van der Waals surface area contributed by atoms with Crippen molar-refractivity contribution in [1.29, 1.82) is 0 Å². The first-order valence-corrected chi connectivity index (χ1v) is 5.10. The van der Waals surface area contributed by atoms with Crippen LogP contribution in [0.15, 0.2) is 18.5 Å². The van der Waals surface area contributed by atoms with E-state index in [9.17, 15) is 0 Å². The minimum Gasteiger partial charge on any atom is -0.336 e. The third-order valence-corrected chi connectivity index (χ3v) is 2.90. The molecular formula is C10H16N2S. The second kappa shape index (κ2) is 3.50. The Labute approximate surface area is 83.7 Å². The molecule has 3 heteroatoms. The first-order chi connectivity index (χ1) is 5.89. The Morgan fingerprint density at radius 3 is 2.54 bits per heavy atom. The van der Waals surface area contributed by atoms with Crippen LogP contribution in [0.25, 0.3) is 0 Å². The van der Waals surface area contributed by atoms with E-state index in [1.807, 2.05) is 13.1 Å². The Balaban J connectivity index is 2.81. The maximum Gasteiger partial charge on any atom is 0.187 e. The van der Waals surface area contributed by atoms with Gasteiger partial charge in [-0.3, -0.25) is 0 Å². The van der Waals surface area contributed by atoms with Gasteiger partial charge in [-0.1, -0.05) is 27.4 Å². The van der Waals surface area contributed by atoms with Crippen molar-refractivity contribution < 1.29 is 0 Å². The lowest BCUT2D eigenvalue weighted by Crippen LogP contribution is -2.07. The van der Waals surface area contributed by atoms with Crippen LogP contribution in [0.3, 0.4) is 0 Å². The highest BCUT2D eigenvalue weighted by atomic mass is 32.1. The normalized spacial score (nSPS) is 11.4. The number of aromatic nitrogens is 1. The average Bonchev–Trinajstić information content (AvgIpc) is 2.32. The molecule has 0 aliphatic heterocycles. The molecule has 1 rings (SSSR count). The molecule has 1 heterocycles. The van der Waals surface area contributed by atoms with Crippen LogP contribution in [0.5, 0.6) is 0 Å². The van der Waals surface area contributed by atoms with E-state index in [1.165, 1.54) is 4.88 Å². The van der Waals surface area contributed by atoms with E-state index < -0.39 is 0 Å². The lowest BCUT2D eigenvalue weighted by Gasteiger charge is -2.14. The number of thiazole rings is 1. The highest BCUT2D eigenvalue weighted by Gasteiger charge is 2.16. The summed E-state index contributed by atoms with van der Waals surface area (Å²) < 4.78 is 0. The molecular weight excluding hydrogens is 180 g/mol. The third kappa shape index (κ3) is 2.84. The van der Waals surface area contributed by atoms with Crippen molar-refractivity contribution >= 4 is 16.5 Å². The maximum atomic E-state index is 4.27. The van der Waals surface area contributed by atoms with Crippen LogP contribution < -0.4 is 5.32 Å². The molecule has 0 unspecified atom stereocenters. The molecule has 1 aromatic rings. The fourth-order valence-corrected chi connectivity index (χ4v) is 1.81. The van der Waals surface area contributed by atoms with Crippen LogP contribution in [0, 0.1) is 0 Å². The molecule has 0 aromatic carbocycles. The lowest BCUT2D eigenvalue weighted by molar-refractivity contribution is 0.602. The van der Waals surface area contributed by atoms with Gasteiger partial charge >= 0.3 is 0 Å². The third-order valence-electron chi connectivity index (χ3n) is 1.57. The van der Waals surface area contributed by atoms with E-state index in [-0.39, 0.29) is 5.41 Å². The van der Waals surface area contributed by atoms with Crippen LogP contribution in [0.4, 0.5) is 5.13 Å². The van der Waals surface area contributed by atoms with Gasteiger partial charge in [-0.25, -0.2) is 4.98 Å². The Morgan fingerprint density at radius 1 is 1.54 bits per heavy atom. The van der Waals surface area contributed by atoms with Gasteiger partial charge in [0.05, 0.1) is 0 Å². The SMILES string of the molecule is C=C(C)Nc1ncc(C(C)(C)C)s1. The van der Waals surface area contributed by atoms with Gasteiger partial charge in [0.15, 0.2) is 5.13 Å². The van der Waals surface area contributed by atoms with Gasteiger partial charge in [-0.05, 0) is 12.3 Å². The Kier molecular flexibility index (Phi) is 2.76. The molecule has 2 nitrogen and oxygen atoms in total. The van der Waals surface area contributed by atoms with Crippen LogP contribution >= 0.6 is 11.3 Å². The summed E-state index contributed by atoms with van der Waals surface area (Å²) in [7, 11) is 0. The number of hydrogen-bond acceptors (Lipinski definition) is 3. The molecule has 0 bridgehead atoms. The van der Waals surface area contributed by atoms with Crippen molar-refractivity contribution in [2.75, 3.05) is 5.32 Å². The molecule has 0 radical (unpaired) electrons. The molecule has 0 amide bonds. The predicted octanol–water partition coefficient (Wildman–Crippen LogP) is 3.39. The largest absolute Gasteiger partial charge is 0.336 e. The number of allylic oxidation sites excluding steroid dienone is 1. The van der Waals surface area contributed by atoms with Crippen LogP contribution in [0.2, 0.25) is 0 Å². The summed E-state index contributed by atoms with van der Waals surface area (Å²) in [5.74, 6) is 0. The van der Waals surface area contributed by atoms with E-state index in [2.05, 4.69) is 37.7 Å². The monoisotopic (exact) mass is 196 g/mol. The van der Waals surface area contributed by atoms with Gasteiger partial charge in [0.2, 0.25) is 0 Å². The predicted molar refractivity (Wildman–Crippen MR) is 59.3 cm³/mol. The van der Waals surface area contributed by atoms with Gasteiger partial charge in [0.25, 0.3) is 0 Å². The average molecular weight is 196 g/mol. The first kappa shape index (κ1) is 10.3. The van der Waals surface area contributed by atoms with Crippen molar-refractivity contribution in [2.45, 2.75) is 33.1 Å². The van der Waals surface area contributed by atoms with Gasteiger partial charge < -0.3 is 5.32 Å². The fourth-order valence-electron chi connectivity index (χ4n) is 0.861. The van der Waals surface area contributed by atoms with Crippen LogP contribution in [-0.2, 0) is 5.41 Å². The smallest absolute Gasteiger partial charge is 0.187 e. The summed E-state index contributed by atoms with van der Waals surface area (Å²) in [6.45, 7) is 12.3. The fraction of sp³-hybridized carbons (Fsp3) is 0.500. The molecule has 1 aromatic heterocycles. The van der Waals surface area contributed by atoms with Gasteiger partial charge in [-0.15, -0.1) is 11.3 Å². The summed E-state index contributed by atoms with van der Waals surface area (Å²) in [4.78, 5) is 5.56. The van der Waals surface area contributed by atoms with Crippen LogP contribution in [-0.4, -0.2) is 4.98 Å².